The monoisotopic (exact) mass is 566 g/mol. The molecule has 0 radical (unpaired) electrons. The number of carbonyl (C=O) groups excluding carboxylic acids is 1. The molecule has 0 spiro atoms. The minimum absolute atomic E-state index is 0.0245. The van der Waals surface area contributed by atoms with Crippen molar-refractivity contribution in [2.75, 3.05) is 6.61 Å². The largest absolute Gasteiger partial charge is 0.491 e. The summed E-state index contributed by atoms with van der Waals surface area (Å²) in [5, 5.41) is 10.1. The van der Waals surface area contributed by atoms with Crippen molar-refractivity contribution in [3.8, 4) is 16.9 Å². The summed E-state index contributed by atoms with van der Waals surface area (Å²) in [6, 6.07) is 14.2. The molecule has 0 amide bonds. The van der Waals surface area contributed by atoms with Gasteiger partial charge < -0.3 is 14.6 Å². The molecule has 218 valence electrons. The lowest BCUT2D eigenvalue weighted by Crippen LogP contribution is -2.24. The molecule has 0 bridgehead atoms. The number of esters is 1. The maximum atomic E-state index is 15.0. The molecule has 41 heavy (non-hydrogen) atoms. The molecule has 1 aliphatic carbocycles. The van der Waals surface area contributed by atoms with Gasteiger partial charge in [0, 0.05) is 5.56 Å². The number of benzene rings is 3. The highest BCUT2D eigenvalue weighted by Crippen LogP contribution is 2.36. The van der Waals surface area contributed by atoms with Gasteiger partial charge in [0.2, 0.25) is 0 Å². The van der Waals surface area contributed by atoms with Crippen LogP contribution in [0.1, 0.15) is 91.8 Å². The zero-order valence-corrected chi connectivity index (χ0v) is 23.4. The summed E-state index contributed by atoms with van der Waals surface area (Å²) >= 11 is 0. The maximum absolute atomic E-state index is 15.0. The Kier molecular flexibility index (Phi) is 10.6. The van der Waals surface area contributed by atoms with Gasteiger partial charge in [-0.3, -0.25) is 0 Å². The van der Waals surface area contributed by atoms with Gasteiger partial charge in [-0.1, -0.05) is 55.8 Å². The Morgan fingerprint density at radius 3 is 2.41 bits per heavy atom. The molecule has 1 saturated carbocycles. The summed E-state index contributed by atoms with van der Waals surface area (Å²) in [4.78, 5) is 12.8. The van der Waals surface area contributed by atoms with Crippen molar-refractivity contribution in [1.29, 1.82) is 0 Å². The zero-order chi connectivity index (χ0) is 29.4. The van der Waals surface area contributed by atoms with Crippen molar-refractivity contribution < 1.29 is 32.5 Å². The minimum atomic E-state index is -1.25. The standard InChI is InChI=1S/C34H37F3O4/c1-3-5-6-20-40-31-19-14-25(21-29(31)35)22-12-15-26(16-13-22)41-34(39)28-18-17-27(32(36)33(28)37)23-8-10-24(11-9-23)30(38)7-4-2/h3,8-11,14,17-19,21-22,26,30,38H,1,4-7,12-13,15-16,20H2,2H3. The van der Waals surface area contributed by atoms with E-state index in [0.717, 1.165) is 24.8 Å². The highest BCUT2D eigenvalue weighted by molar-refractivity contribution is 5.90. The third kappa shape index (κ3) is 7.59. The van der Waals surface area contributed by atoms with E-state index < -0.39 is 41.2 Å². The van der Waals surface area contributed by atoms with Gasteiger partial charge in [0.15, 0.2) is 23.2 Å². The second-order valence-corrected chi connectivity index (χ2v) is 10.6. The van der Waals surface area contributed by atoms with E-state index in [4.69, 9.17) is 9.47 Å². The van der Waals surface area contributed by atoms with E-state index >= 15 is 0 Å². The number of hydrogen-bond acceptors (Lipinski definition) is 4. The van der Waals surface area contributed by atoms with Crippen LogP contribution in [-0.2, 0) is 4.74 Å². The third-order valence-corrected chi connectivity index (χ3v) is 7.66. The first-order valence-corrected chi connectivity index (χ1v) is 14.3. The minimum Gasteiger partial charge on any atom is -0.491 e. The number of aliphatic hydroxyl groups is 1. The number of rotatable bonds is 12. The Labute approximate surface area is 239 Å². The summed E-state index contributed by atoms with van der Waals surface area (Å²) in [5.41, 5.74) is 1.58. The fraction of sp³-hybridized carbons (Fsp3) is 0.382. The van der Waals surface area contributed by atoms with Crippen molar-refractivity contribution in [3.63, 3.8) is 0 Å². The molecule has 4 nitrogen and oxygen atoms in total. The Morgan fingerprint density at radius 2 is 1.76 bits per heavy atom. The van der Waals surface area contributed by atoms with E-state index in [2.05, 4.69) is 6.58 Å². The van der Waals surface area contributed by atoms with Gasteiger partial charge in [-0.2, -0.15) is 0 Å². The van der Waals surface area contributed by atoms with Crippen molar-refractivity contribution in [1.82, 2.24) is 0 Å². The molecule has 0 saturated heterocycles. The second-order valence-electron chi connectivity index (χ2n) is 10.6. The van der Waals surface area contributed by atoms with Crippen LogP contribution in [-0.4, -0.2) is 23.8 Å². The molecule has 7 heteroatoms. The maximum Gasteiger partial charge on any atom is 0.341 e. The molecular weight excluding hydrogens is 529 g/mol. The van der Waals surface area contributed by atoms with Crippen molar-refractivity contribution in [3.05, 3.63) is 101 Å². The van der Waals surface area contributed by atoms with E-state index in [0.29, 0.717) is 49.8 Å². The number of ether oxygens (including phenoxy) is 2. The van der Waals surface area contributed by atoms with Crippen LogP contribution in [0.2, 0.25) is 0 Å². The summed E-state index contributed by atoms with van der Waals surface area (Å²) in [6.07, 6.45) is 6.19. The molecular formula is C34H37F3O4. The number of hydrogen-bond donors (Lipinski definition) is 1. The van der Waals surface area contributed by atoms with Crippen LogP contribution in [0.25, 0.3) is 11.1 Å². The summed E-state index contributed by atoms with van der Waals surface area (Å²) in [5.74, 6) is -3.35. The molecule has 4 rings (SSSR count). The van der Waals surface area contributed by atoms with Crippen LogP contribution in [0, 0.1) is 17.5 Å². The van der Waals surface area contributed by atoms with Gasteiger partial charge in [0.1, 0.15) is 6.10 Å². The van der Waals surface area contributed by atoms with E-state index in [1.54, 1.807) is 36.4 Å². The molecule has 0 aromatic heterocycles. The van der Waals surface area contributed by atoms with E-state index in [9.17, 15) is 23.1 Å². The highest BCUT2D eigenvalue weighted by Gasteiger charge is 2.28. The average Bonchev–Trinajstić information content (AvgIpc) is 2.98. The molecule has 3 aromatic rings. The van der Waals surface area contributed by atoms with Crippen LogP contribution < -0.4 is 4.74 Å². The molecule has 3 aromatic carbocycles. The lowest BCUT2D eigenvalue weighted by atomic mass is 9.82. The van der Waals surface area contributed by atoms with Gasteiger partial charge in [-0.25, -0.2) is 18.0 Å². The smallest absolute Gasteiger partial charge is 0.341 e. The fourth-order valence-electron chi connectivity index (χ4n) is 5.28. The third-order valence-electron chi connectivity index (χ3n) is 7.66. The molecule has 1 N–H and O–H groups in total. The average molecular weight is 567 g/mol. The molecule has 1 aliphatic rings. The normalized spacial score (nSPS) is 17.6. The predicted octanol–water partition coefficient (Wildman–Crippen LogP) is 8.83. The van der Waals surface area contributed by atoms with Gasteiger partial charge in [0.25, 0.3) is 0 Å². The first-order valence-electron chi connectivity index (χ1n) is 14.3. The Bertz CT molecular complexity index is 1330. The van der Waals surface area contributed by atoms with Crippen molar-refractivity contribution in [2.45, 2.75) is 76.4 Å². The molecule has 1 fully saturated rings. The summed E-state index contributed by atoms with van der Waals surface area (Å²) < 4.78 is 55.6. The first-order chi connectivity index (χ1) is 19.8. The quantitative estimate of drug-likeness (QED) is 0.135. The number of aliphatic hydroxyl groups excluding tert-OH is 1. The Morgan fingerprint density at radius 1 is 1.02 bits per heavy atom. The van der Waals surface area contributed by atoms with Crippen LogP contribution in [0.5, 0.6) is 5.75 Å². The summed E-state index contributed by atoms with van der Waals surface area (Å²) in [7, 11) is 0. The van der Waals surface area contributed by atoms with Crippen LogP contribution in [0.4, 0.5) is 13.2 Å². The van der Waals surface area contributed by atoms with Crippen LogP contribution >= 0.6 is 0 Å². The molecule has 1 atom stereocenters. The lowest BCUT2D eigenvalue weighted by Gasteiger charge is -2.29. The number of unbranched alkanes of at least 4 members (excludes halogenated alkanes) is 1. The van der Waals surface area contributed by atoms with Crippen LogP contribution in [0.15, 0.2) is 67.3 Å². The molecule has 0 aliphatic heterocycles. The van der Waals surface area contributed by atoms with Gasteiger partial charge in [-0.15, -0.1) is 6.58 Å². The topological polar surface area (TPSA) is 55.8 Å². The van der Waals surface area contributed by atoms with E-state index in [-0.39, 0.29) is 17.2 Å². The Balaban J connectivity index is 1.33. The fourth-order valence-corrected chi connectivity index (χ4v) is 5.28. The van der Waals surface area contributed by atoms with E-state index in [1.165, 1.54) is 18.2 Å². The highest BCUT2D eigenvalue weighted by atomic mass is 19.2. The number of halogens is 3. The van der Waals surface area contributed by atoms with Gasteiger partial charge in [-0.05, 0) is 85.8 Å². The SMILES string of the molecule is C=CCCCOc1ccc(C2CCC(OC(=O)c3ccc(-c4ccc(C(O)CCC)cc4)c(F)c3F)CC2)cc1F. The molecule has 1 unspecified atom stereocenters. The Hall–Kier alpha value is -3.58. The number of carbonyl (C=O) groups is 1. The first kappa shape index (κ1) is 30.4. The van der Waals surface area contributed by atoms with Gasteiger partial charge >= 0.3 is 5.97 Å². The summed E-state index contributed by atoms with van der Waals surface area (Å²) in [6.45, 7) is 6.05. The predicted molar refractivity (Wildman–Crippen MR) is 153 cm³/mol. The van der Waals surface area contributed by atoms with E-state index in [1.807, 2.05) is 13.0 Å². The molecule has 0 heterocycles. The number of allylic oxidation sites excluding steroid dienone is 1. The second kappa shape index (κ2) is 14.4. The van der Waals surface area contributed by atoms with Crippen LogP contribution in [0.3, 0.4) is 0 Å². The lowest BCUT2D eigenvalue weighted by molar-refractivity contribution is 0.0189. The zero-order valence-electron chi connectivity index (χ0n) is 23.4. The van der Waals surface area contributed by atoms with Gasteiger partial charge in [0.05, 0.1) is 18.3 Å². The van der Waals surface area contributed by atoms with Crippen molar-refractivity contribution in [2.24, 2.45) is 0 Å². The van der Waals surface area contributed by atoms with Crippen molar-refractivity contribution >= 4 is 5.97 Å².